The summed E-state index contributed by atoms with van der Waals surface area (Å²) in [7, 11) is 1.86. The van der Waals surface area contributed by atoms with Gasteiger partial charge < -0.3 is 15.0 Å². The number of benzene rings is 1. The van der Waals surface area contributed by atoms with Gasteiger partial charge >= 0.3 is 0 Å². The number of rotatable bonds is 4. The summed E-state index contributed by atoms with van der Waals surface area (Å²) in [6.45, 7) is 3.93. The lowest BCUT2D eigenvalue weighted by Gasteiger charge is -2.31. The maximum absolute atomic E-state index is 12.1. The average molecular weight is 333 g/mol. The van der Waals surface area contributed by atoms with E-state index in [9.17, 15) is 4.79 Å². The number of likely N-dealkylation sites (N-methyl/N-ethyl adjacent to an activating group) is 1. The number of hydrogen-bond acceptors (Lipinski definition) is 3. The molecule has 21 heavy (non-hydrogen) atoms. The van der Waals surface area contributed by atoms with Gasteiger partial charge in [-0.05, 0) is 56.6 Å². The molecule has 1 aromatic carbocycles. The first-order valence-electron chi connectivity index (χ1n) is 6.93. The fraction of sp³-hybridized carbons (Fsp3) is 0.533. The Balaban J connectivity index is 0.00000220. The van der Waals surface area contributed by atoms with Crippen LogP contribution in [0.4, 0.5) is 0 Å². The zero-order valence-electron chi connectivity index (χ0n) is 12.4. The first-order valence-corrected chi connectivity index (χ1v) is 7.31. The molecule has 0 spiro atoms. The van der Waals surface area contributed by atoms with Crippen molar-refractivity contribution in [1.29, 1.82) is 0 Å². The maximum atomic E-state index is 12.1. The summed E-state index contributed by atoms with van der Waals surface area (Å²) in [6, 6.07) is 5.74. The van der Waals surface area contributed by atoms with Crippen molar-refractivity contribution < 1.29 is 9.53 Å². The number of carbonyl (C=O) groups excluding carboxylic acids is 1. The summed E-state index contributed by atoms with van der Waals surface area (Å²) in [5, 5.41) is 4.00. The third-order valence-electron chi connectivity index (χ3n) is 3.74. The third kappa shape index (κ3) is 5.06. The fourth-order valence-corrected chi connectivity index (χ4v) is 2.47. The van der Waals surface area contributed by atoms with Crippen LogP contribution in [0.3, 0.4) is 0 Å². The van der Waals surface area contributed by atoms with Crippen LogP contribution in [0, 0.1) is 6.92 Å². The summed E-state index contributed by atoms with van der Waals surface area (Å²) >= 11 is 5.96. The van der Waals surface area contributed by atoms with Gasteiger partial charge in [0, 0.05) is 18.1 Å². The highest BCUT2D eigenvalue weighted by molar-refractivity contribution is 6.31. The minimum atomic E-state index is 0. The summed E-state index contributed by atoms with van der Waals surface area (Å²) in [4.78, 5) is 13.9. The van der Waals surface area contributed by atoms with Crippen molar-refractivity contribution in [2.24, 2.45) is 0 Å². The summed E-state index contributed by atoms with van der Waals surface area (Å²) in [5.74, 6) is 0.698. The topological polar surface area (TPSA) is 41.6 Å². The van der Waals surface area contributed by atoms with Crippen molar-refractivity contribution in [1.82, 2.24) is 10.2 Å². The Morgan fingerprint density at radius 3 is 2.71 bits per heavy atom. The van der Waals surface area contributed by atoms with Crippen LogP contribution < -0.4 is 10.1 Å². The molecule has 0 bridgehead atoms. The molecule has 1 saturated heterocycles. The van der Waals surface area contributed by atoms with Gasteiger partial charge in [-0.15, -0.1) is 12.4 Å². The molecular weight excluding hydrogens is 311 g/mol. The van der Waals surface area contributed by atoms with E-state index in [4.69, 9.17) is 16.3 Å². The highest BCUT2D eigenvalue weighted by Gasteiger charge is 2.22. The summed E-state index contributed by atoms with van der Waals surface area (Å²) < 4.78 is 5.55. The molecule has 4 nitrogen and oxygen atoms in total. The van der Waals surface area contributed by atoms with Crippen molar-refractivity contribution in [3.05, 3.63) is 28.8 Å². The SMILES string of the molecule is Cc1cc(OCC(=O)N(C)C2CCNCC2)ccc1Cl.Cl. The summed E-state index contributed by atoms with van der Waals surface area (Å²) in [6.07, 6.45) is 2.00. The second-order valence-electron chi connectivity index (χ2n) is 5.19. The Morgan fingerprint density at radius 1 is 1.43 bits per heavy atom. The first-order chi connectivity index (χ1) is 9.58. The average Bonchev–Trinajstić information content (AvgIpc) is 2.48. The van der Waals surface area contributed by atoms with E-state index < -0.39 is 0 Å². The largest absolute Gasteiger partial charge is 0.484 e. The van der Waals surface area contributed by atoms with Crippen LogP contribution in [0.1, 0.15) is 18.4 Å². The number of amides is 1. The van der Waals surface area contributed by atoms with Crippen molar-refractivity contribution >= 4 is 29.9 Å². The number of nitrogens with zero attached hydrogens (tertiary/aromatic N) is 1. The number of piperidine rings is 1. The van der Waals surface area contributed by atoms with Gasteiger partial charge in [0.1, 0.15) is 5.75 Å². The molecule has 1 aromatic rings. The third-order valence-corrected chi connectivity index (χ3v) is 4.17. The second kappa shape index (κ2) is 8.47. The van der Waals surface area contributed by atoms with Gasteiger partial charge in [0.05, 0.1) is 0 Å². The normalized spacial score (nSPS) is 15.2. The lowest BCUT2D eigenvalue weighted by atomic mass is 10.1. The van der Waals surface area contributed by atoms with E-state index in [0.717, 1.165) is 31.5 Å². The minimum absolute atomic E-state index is 0. The van der Waals surface area contributed by atoms with Crippen LogP contribution in [0.25, 0.3) is 0 Å². The van der Waals surface area contributed by atoms with Crippen LogP contribution in [-0.4, -0.2) is 43.6 Å². The molecule has 118 valence electrons. The van der Waals surface area contributed by atoms with Crippen LogP contribution in [0.5, 0.6) is 5.75 Å². The Kier molecular flexibility index (Phi) is 7.29. The van der Waals surface area contributed by atoms with Crippen LogP contribution in [-0.2, 0) is 4.79 Å². The molecular formula is C15H22Cl2N2O2. The van der Waals surface area contributed by atoms with Crippen LogP contribution in [0.15, 0.2) is 18.2 Å². The molecule has 0 atom stereocenters. The zero-order valence-corrected chi connectivity index (χ0v) is 14.0. The van der Waals surface area contributed by atoms with E-state index in [2.05, 4.69) is 5.32 Å². The van der Waals surface area contributed by atoms with Gasteiger partial charge in [-0.25, -0.2) is 0 Å². The lowest BCUT2D eigenvalue weighted by molar-refractivity contribution is -0.134. The van der Waals surface area contributed by atoms with Gasteiger partial charge in [0.25, 0.3) is 5.91 Å². The van der Waals surface area contributed by atoms with Gasteiger partial charge in [0.15, 0.2) is 6.61 Å². The molecule has 2 rings (SSSR count). The number of aryl methyl sites for hydroxylation is 1. The highest BCUT2D eigenvalue weighted by atomic mass is 35.5. The Hall–Kier alpha value is -0.970. The van der Waals surface area contributed by atoms with Crippen LogP contribution in [0.2, 0.25) is 5.02 Å². The molecule has 1 aliphatic rings. The van der Waals surface area contributed by atoms with Crippen molar-refractivity contribution in [2.75, 3.05) is 26.7 Å². The molecule has 1 fully saturated rings. The molecule has 0 aliphatic carbocycles. The molecule has 0 unspecified atom stereocenters. The minimum Gasteiger partial charge on any atom is -0.484 e. The van der Waals surface area contributed by atoms with E-state index in [1.54, 1.807) is 12.1 Å². The number of halogens is 2. The quantitative estimate of drug-likeness (QED) is 0.921. The highest BCUT2D eigenvalue weighted by Crippen LogP contribution is 2.21. The fourth-order valence-electron chi connectivity index (χ4n) is 2.35. The predicted octanol–water partition coefficient (Wildman–Crippen LogP) is 2.66. The first kappa shape index (κ1) is 18.1. The molecule has 1 aliphatic heterocycles. The van der Waals surface area contributed by atoms with Crippen LogP contribution >= 0.6 is 24.0 Å². The van der Waals surface area contributed by atoms with Crippen molar-refractivity contribution in [3.8, 4) is 5.75 Å². The van der Waals surface area contributed by atoms with E-state index in [0.29, 0.717) is 16.8 Å². The van der Waals surface area contributed by atoms with E-state index >= 15 is 0 Å². The van der Waals surface area contributed by atoms with Gasteiger partial charge in [-0.2, -0.15) is 0 Å². The lowest BCUT2D eigenvalue weighted by Crippen LogP contribution is -2.45. The maximum Gasteiger partial charge on any atom is 0.260 e. The zero-order chi connectivity index (χ0) is 14.5. The smallest absolute Gasteiger partial charge is 0.260 e. The Morgan fingerprint density at radius 2 is 2.10 bits per heavy atom. The van der Waals surface area contributed by atoms with Gasteiger partial charge in [-0.3, -0.25) is 4.79 Å². The molecule has 6 heteroatoms. The number of hydrogen-bond donors (Lipinski definition) is 1. The number of carbonyl (C=O) groups is 1. The molecule has 1 heterocycles. The standard InChI is InChI=1S/C15H21ClN2O2.ClH/c1-11-9-13(3-4-14(11)16)20-10-15(19)18(2)12-5-7-17-8-6-12;/h3-4,9,12,17H,5-8,10H2,1-2H3;1H. The van der Waals surface area contributed by atoms with Crippen molar-refractivity contribution in [3.63, 3.8) is 0 Å². The van der Waals surface area contributed by atoms with Gasteiger partial charge in [-0.1, -0.05) is 11.6 Å². The molecule has 0 radical (unpaired) electrons. The van der Waals surface area contributed by atoms with Crippen molar-refractivity contribution in [2.45, 2.75) is 25.8 Å². The molecule has 1 amide bonds. The Labute approximate surface area is 137 Å². The molecule has 0 aromatic heterocycles. The summed E-state index contributed by atoms with van der Waals surface area (Å²) in [5.41, 5.74) is 0.948. The molecule has 0 saturated carbocycles. The monoisotopic (exact) mass is 332 g/mol. The second-order valence-corrected chi connectivity index (χ2v) is 5.59. The van der Waals surface area contributed by atoms with Gasteiger partial charge in [0.2, 0.25) is 0 Å². The number of ether oxygens (including phenoxy) is 1. The van der Waals surface area contributed by atoms with E-state index in [-0.39, 0.29) is 24.9 Å². The van der Waals surface area contributed by atoms with E-state index in [1.165, 1.54) is 0 Å². The Bertz CT molecular complexity index is 477. The van der Waals surface area contributed by atoms with E-state index in [1.807, 2.05) is 24.9 Å². The molecule has 1 N–H and O–H groups in total. The predicted molar refractivity (Wildman–Crippen MR) is 87.6 cm³/mol. The number of nitrogens with one attached hydrogen (secondary N) is 1.